The van der Waals surface area contributed by atoms with Gasteiger partial charge in [0.25, 0.3) is 0 Å². The Kier molecular flexibility index (Phi) is 7.55. The van der Waals surface area contributed by atoms with Gasteiger partial charge in [0, 0.05) is 17.8 Å². The number of benzene rings is 2. The quantitative estimate of drug-likeness (QED) is 0.671. The molecule has 0 bridgehead atoms. The van der Waals surface area contributed by atoms with Crippen molar-refractivity contribution >= 4 is 17.7 Å². The molecule has 5 nitrogen and oxygen atoms in total. The minimum Gasteiger partial charge on any atom is -0.494 e. The van der Waals surface area contributed by atoms with E-state index in [1.54, 1.807) is 19.3 Å². The number of methoxy groups -OCH3 is 1. The van der Waals surface area contributed by atoms with Crippen molar-refractivity contribution in [2.24, 2.45) is 0 Å². The molecule has 0 aliphatic heterocycles. The molecular weight excluding hydrogens is 330 g/mol. The molecule has 0 atom stereocenters. The van der Waals surface area contributed by atoms with E-state index in [1.807, 2.05) is 50.2 Å². The Hall–Kier alpha value is -2.95. The average molecular weight is 355 g/mol. The lowest BCUT2D eigenvalue weighted by Gasteiger charge is -2.10. The highest BCUT2D eigenvalue weighted by atomic mass is 16.5. The summed E-state index contributed by atoms with van der Waals surface area (Å²) in [6.45, 7) is 5.18. The molecule has 0 saturated carbocycles. The minimum absolute atomic E-state index is 0.219. The van der Waals surface area contributed by atoms with Gasteiger partial charge in [-0.05, 0) is 49.2 Å². The summed E-state index contributed by atoms with van der Waals surface area (Å²) in [4.78, 5) is 12.1. The highest BCUT2D eigenvalue weighted by Crippen LogP contribution is 2.28. The molecule has 0 aliphatic rings. The molecule has 2 aromatic carbocycles. The van der Waals surface area contributed by atoms with E-state index in [0.29, 0.717) is 30.4 Å². The van der Waals surface area contributed by atoms with E-state index < -0.39 is 0 Å². The maximum absolute atomic E-state index is 12.1. The summed E-state index contributed by atoms with van der Waals surface area (Å²) >= 11 is 0. The van der Waals surface area contributed by atoms with Crippen LogP contribution in [0, 0.1) is 0 Å². The zero-order chi connectivity index (χ0) is 18.8. The predicted molar refractivity (Wildman–Crippen MR) is 104 cm³/mol. The number of carbonyl (C=O) groups excluding carboxylic acids is 1. The summed E-state index contributed by atoms with van der Waals surface area (Å²) in [7, 11) is 1.60. The van der Waals surface area contributed by atoms with Gasteiger partial charge in [-0.15, -0.1) is 0 Å². The number of hydrogen-bond donors (Lipinski definition) is 1. The summed E-state index contributed by atoms with van der Waals surface area (Å²) < 4.78 is 16.4. The third kappa shape index (κ3) is 5.84. The molecule has 138 valence electrons. The van der Waals surface area contributed by atoms with E-state index in [9.17, 15) is 4.79 Å². The summed E-state index contributed by atoms with van der Waals surface area (Å²) in [5.41, 5.74) is 1.54. The molecule has 0 unspecified atom stereocenters. The van der Waals surface area contributed by atoms with Crippen LogP contribution in [0.5, 0.6) is 17.2 Å². The highest BCUT2D eigenvalue weighted by Gasteiger charge is 2.05. The second-order valence-corrected chi connectivity index (χ2v) is 5.54. The second-order valence-electron chi connectivity index (χ2n) is 5.54. The van der Waals surface area contributed by atoms with Crippen LogP contribution < -0.4 is 19.5 Å². The molecule has 0 aromatic heterocycles. The molecule has 0 aliphatic carbocycles. The van der Waals surface area contributed by atoms with Gasteiger partial charge < -0.3 is 19.5 Å². The first kappa shape index (κ1) is 19.4. The van der Waals surface area contributed by atoms with Gasteiger partial charge in [-0.1, -0.05) is 19.1 Å². The van der Waals surface area contributed by atoms with Gasteiger partial charge in [-0.3, -0.25) is 4.79 Å². The van der Waals surface area contributed by atoms with Crippen LogP contribution in [0.15, 0.2) is 48.5 Å². The average Bonchev–Trinajstić information content (AvgIpc) is 2.65. The van der Waals surface area contributed by atoms with Gasteiger partial charge >= 0.3 is 0 Å². The normalized spacial score (nSPS) is 10.6. The van der Waals surface area contributed by atoms with Crippen molar-refractivity contribution in [3.05, 3.63) is 54.1 Å². The van der Waals surface area contributed by atoms with E-state index in [1.165, 1.54) is 6.08 Å². The molecule has 1 N–H and O–H groups in total. The second kappa shape index (κ2) is 10.1. The summed E-state index contributed by atoms with van der Waals surface area (Å²) in [5.74, 6) is 1.85. The van der Waals surface area contributed by atoms with Crippen LogP contribution in [-0.4, -0.2) is 26.2 Å². The number of hydrogen-bond acceptors (Lipinski definition) is 4. The zero-order valence-corrected chi connectivity index (χ0v) is 15.5. The van der Waals surface area contributed by atoms with Crippen LogP contribution in [-0.2, 0) is 4.79 Å². The maximum atomic E-state index is 12.1. The van der Waals surface area contributed by atoms with Crippen LogP contribution in [0.2, 0.25) is 0 Å². The Balaban J connectivity index is 2.02. The molecule has 1 amide bonds. The molecule has 0 saturated heterocycles. The van der Waals surface area contributed by atoms with E-state index in [-0.39, 0.29) is 5.91 Å². The van der Waals surface area contributed by atoms with Gasteiger partial charge in [0.2, 0.25) is 5.91 Å². The van der Waals surface area contributed by atoms with Crippen molar-refractivity contribution in [1.29, 1.82) is 0 Å². The lowest BCUT2D eigenvalue weighted by atomic mass is 10.2. The molecular formula is C21H25NO4. The minimum atomic E-state index is -0.219. The maximum Gasteiger partial charge on any atom is 0.248 e. The first-order valence-corrected chi connectivity index (χ1v) is 8.69. The monoisotopic (exact) mass is 355 g/mol. The summed E-state index contributed by atoms with van der Waals surface area (Å²) in [5, 5.41) is 2.82. The smallest absolute Gasteiger partial charge is 0.248 e. The van der Waals surface area contributed by atoms with Gasteiger partial charge in [0.1, 0.15) is 5.75 Å². The number of rotatable bonds is 9. The van der Waals surface area contributed by atoms with Crippen LogP contribution in [0.25, 0.3) is 6.08 Å². The molecule has 2 rings (SSSR count). The summed E-state index contributed by atoms with van der Waals surface area (Å²) in [6.07, 6.45) is 4.14. The van der Waals surface area contributed by atoms with Crippen molar-refractivity contribution in [3.8, 4) is 17.2 Å². The molecule has 0 spiro atoms. The van der Waals surface area contributed by atoms with Crippen molar-refractivity contribution in [2.75, 3.05) is 25.6 Å². The Morgan fingerprint density at radius 1 is 1.08 bits per heavy atom. The predicted octanol–water partition coefficient (Wildman–Crippen LogP) is 4.53. The van der Waals surface area contributed by atoms with E-state index in [4.69, 9.17) is 14.2 Å². The van der Waals surface area contributed by atoms with Crippen LogP contribution in [0.1, 0.15) is 25.8 Å². The molecule has 5 heteroatoms. The number of carbonyl (C=O) groups is 1. The lowest BCUT2D eigenvalue weighted by molar-refractivity contribution is -0.111. The fourth-order valence-electron chi connectivity index (χ4n) is 2.31. The summed E-state index contributed by atoms with van der Waals surface area (Å²) in [6, 6.07) is 12.9. The zero-order valence-electron chi connectivity index (χ0n) is 15.5. The first-order chi connectivity index (χ1) is 12.7. The van der Waals surface area contributed by atoms with Gasteiger partial charge in [0.05, 0.1) is 20.3 Å². The van der Waals surface area contributed by atoms with Gasteiger partial charge in [0.15, 0.2) is 11.5 Å². The van der Waals surface area contributed by atoms with Crippen molar-refractivity contribution in [1.82, 2.24) is 0 Å². The van der Waals surface area contributed by atoms with Crippen LogP contribution in [0.4, 0.5) is 5.69 Å². The Morgan fingerprint density at radius 3 is 2.65 bits per heavy atom. The standard InChI is InChI=1S/C21H25NO4/c1-4-13-26-19-11-9-16(14-20(19)24-3)10-12-21(23)22-17-7-6-8-18(15-17)25-5-2/h6-12,14-15H,4-5,13H2,1-3H3,(H,22,23)/b12-10+. The highest BCUT2D eigenvalue weighted by molar-refractivity contribution is 6.02. The van der Waals surface area contributed by atoms with E-state index in [0.717, 1.165) is 17.7 Å². The molecule has 0 fully saturated rings. The van der Waals surface area contributed by atoms with Crippen molar-refractivity contribution in [2.45, 2.75) is 20.3 Å². The Morgan fingerprint density at radius 2 is 1.92 bits per heavy atom. The lowest BCUT2D eigenvalue weighted by Crippen LogP contribution is -2.07. The van der Waals surface area contributed by atoms with Gasteiger partial charge in [-0.2, -0.15) is 0 Å². The Bertz CT molecular complexity index is 755. The third-order valence-electron chi connectivity index (χ3n) is 3.49. The molecule has 2 aromatic rings. The fraction of sp³-hybridized carbons (Fsp3) is 0.286. The van der Waals surface area contributed by atoms with Crippen LogP contribution in [0.3, 0.4) is 0 Å². The molecule has 26 heavy (non-hydrogen) atoms. The van der Waals surface area contributed by atoms with Crippen LogP contribution >= 0.6 is 0 Å². The number of amides is 1. The van der Waals surface area contributed by atoms with E-state index in [2.05, 4.69) is 5.32 Å². The molecule has 0 radical (unpaired) electrons. The fourth-order valence-corrected chi connectivity index (χ4v) is 2.31. The van der Waals surface area contributed by atoms with Crippen molar-refractivity contribution in [3.63, 3.8) is 0 Å². The number of nitrogens with one attached hydrogen (secondary N) is 1. The van der Waals surface area contributed by atoms with Gasteiger partial charge in [-0.25, -0.2) is 0 Å². The topological polar surface area (TPSA) is 56.8 Å². The number of anilines is 1. The Labute approximate surface area is 154 Å². The van der Waals surface area contributed by atoms with E-state index >= 15 is 0 Å². The first-order valence-electron chi connectivity index (χ1n) is 8.69. The molecule has 0 heterocycles. The largest absolute Gasteiger partial charge is 0.494 e. The number of ether oxygens (including phenoxy) is 3. The SMILES string of the molecule is CCCOc1ccc(/C=C/C(=O)Nc2cccc(OCC)c2)cc1OC. The van der Waals surface area contributed by atoms with Crippen molar-refractivity contribution < 1.29 is 19.0 Å². The third-order valence-corrected chi connectivity index (χ3v) is 3.49.